The van der Waals surface area contributed by atoms with Crippen molar-refractivity contribution < 1.29 is 19.4 Å². The normalized spacial score (nSPS) is 35.0. The fraction of sp³-hybridized carbons (Fsp3) is 0.833. The highest BCUT2D eigenvalue weighted by atomic mass is 16.5. The van der Waals surface area contributed by atoms with E-state index in [9.17, 15) is 9.59 Å². The number of hydrogen-bond acceptors (Lipinski definition) is 3. The highest BCUT2D eigenvalue weighted by molar-refractivity contribution is 5.83. The zero-order valence-corrected chi connectivity index (χ0v) is 10.2. The number of rotatable bonds is 1. The van der Waals surface area contributed by atoms with Crippen molar-refractivity contribution in [2.75, 3.05) is 26.3 Å². The minimum absolute atomic E-state index is 0.100. The lowest BCUT2D eigenvalue weighted by Crippen LogP contribution is -2.57. The van der Waals surface area contributed by atoms with Crippen molar-refractivity contribution >= 4 is 12.0 Å². The van der Waals surface area contributed by atoms with Gasteiger partial charge in [-0.1, -0.05) is 0 Å². The second kappa shape index (κ2) is 4.42. The fourth-order valence-electron chi connectivity index (χ4n) is 3.36. The van der Waals surface area contributed by atoms with Gasteiger partial charge in [0.15, 0.2) is 6.04 Å². The molecule has 3 atom stereocenters. The molecule has 1 aliphatic carbocycles. The summed E-state index contributed by atoms with van der Waals surface area (Å²) >= 11 is 0. The van der Waals surface area contributed by atoms with Crippen molar-refractivity contribution in [2.45, 2.75) is 31.3 Å². The molecule has 1 saturated carbocycles. The second-order valence-electron chi connectivity index (χ2n) is 5.39. The molecule has 0 spiro atoms. The van der Waals surface area contributed by atoms with Gasteiger partial charge in [0.05, 0.1) is 13.2 Å². The van der Waals surface area contributed by atoms with E-state index in [1.807, 2.05) is 4.90 Å². The highest BCUT2D eigenvalue weighted by Gasteiger charge is 2.44. The molecule has 2 heterocycles. The lowest BCUT2D eigenvalue weighted by Gasteiger charge is -2.38. The molecule has 0 aromatic rings. The minimum atomic E-state index is -0.979. The van der Waals surface area contributed by atoms with Crippen LogP contribution in [0.5, 0.6) is 0 Å². The molecule has 6 heteroatoms. The van der Waals surface area contributed by atoms with E-state index < -0.39 is 12.0 Å². The van der Waals surface area contributed by atoms with Gasteiger partial charge in [-0.25, -0.2) is 9.59 Å². The Morgan fingerprint density at radius 1 is 1.22 bits per heavy atom. The fourth-order valence-corrected chi connectivity index (χ4v) is 3.36. The predicted molar refractivity (Wildman–Crippen MR) is 62.2 cm³/mol. The van der Waals surface area contributed by atoms with E-state index in [2.05, 4.69) is 0 Å². The van der Waals surface area contributed by atoms with Crippen LogP contribution in [0.2, 0.25) is 0 Å². The van der Waals surface area contributed by atoms with Gasteiger partial charge in [0, 0.05) is 19.1 Å². The maximum Gasteiger partial charge on any atom is 0.328 e. The number of hydrogen-bond donors (Lipinski definition) is 1. The molecule has 1 N–H and O–H groups in total. The van der Waals surface area contributed by atoms with E-state index in [4.69, 9.17) is 9.84 Å². The average molecular weight is 254 g/mol. The summed E-state index contributed by atoms with van der Waals surface area (Å²) in [6.45, 7) is 1.71. The van der Waals surface area contributed by atoms with Gasteiger partial charge >= 0.3 is 12.0 Å². The highest BCUT2D eigenvalue weighted by Crippen LogP contribution is 2.38. The van der Waals surface area contributed by atoms with Crippen molar-refractivity contribution in [3.63, 3.8) is 0 Å². The molecule has 2 saturated heterocycles. The van der Waals surface area contributed by atoms with Gasteiger partial charge in [0.1, 0.15) is 0 Å². The molecule has 0 aromatic carbocycles. The molecule has 6 nitrogen and oxygen atoms in total. The van der Waals surface area contributed by atoms with Gasteiger partial charge in [-0.3, -0.25) is 0 Å². The first-order valence-corrected chi connectivity index (χ1v) is 6.54. The maximum absolute atomic E-state index is 12.4. The summed E-state index contributed by atoms with van der Waals surface area (Å²) in [6, 6.07) is -0.608. The SMILES string of the molecule is O=C(O)C1COCCN1C(=O)N1CC2CCC1C2. The Labute approximate surface area is 105 Å². The summed E-state index contributed by atoms with van der Waals surface area (Å²) in [4.78, 5) is 26.9. The number of fused-ring (bicyclic) bond motifs is 2. The molecule has 2 aliphatic heterocycles. The van der Waals surface area contributed by atoms with Crippen molar-refractivity contribution in [1.29, 1.82) is 0 Å². The first-order valence-electron chi connectivity index (χ1n) is 6.54. The van der Waals surface area contributed by atoms with Crippen LogP contribution in [0, 0.1) is 5.92 Å². The number of carbonyl (C=O) groups excluding carboxylic acids is 1. The lowest BCUT2D eigenvalue weighted by molar-refractivity contribution is -0.147. The third-order valence-electron chi connectivity index (χ3n) is 4.31. The molecule has 0 radical (unpaired) electrons. The summed E-state index contributed by atoms with van der Waals surface area (Å²) in [5.74, 6) is -0.351. The van der Waals surface area contributed by atoms with Crippen LogP contribution < -0.4 is 0 Å². The van der Waals surface area contributed by atoms with E-state index in [0.29, 0.717) is 25.1 Å². The van der Waals surface area contributed by atoms with E-state index in [1.165, 1.54) is 11.3 Å². The number of morpholine rings is 1. The summed E-state index contributed by atoms with van der Waals surface area (Å²) in [5, 5.41) is 9.14. The van der Waals surface area contributed by atoms with Crippen LogP contribution in [0.3, 0.4) is 0 Å². The summed E-state index contributed by atoms with van der Waals surface area (Å²) < 4.78 is 5.16. The second-order valence-corrected chi connectivity index (χ2v) is 5.39. The molecule has 0 aromatic heterocycles. The van der Waals surface area contributed by atoms with Crippen LogP contribution in [-0.4, -0.2) is 65.3 Å². The molecule has 100 valence electrons. The molecule has 3 unspecified atom stereocenters. The molecule has 2 bridgehead atoms. The number of carbonyl (C=O) groups is 2. The number of piperidine rings is 1. The van der Waals surface area contributed by atoms with Crippen LogP contribution in [0.1, 0.15) is 19.3 Å². The van der Waals surface area contributed by atoms with E-state index in [1.54, 1.807) is 0 Å². The van der Waals surface area contributed by atoms with Crippen LogP contribution in [-0.2, 0) is 9.53 Å². The van der Waals surface area contributed by atoms with Crippen molar-refractivity contribution in [3.05, 3.63) is 0 Å². The number of urea groups is 1. The zero-order valence-electron chi connectivity index (χ0n) is 10.2. The maximum atomic E-state index is 12.4. The molecule has 3 aliphatic rings. The quantitative estimate of drug-likeness (QED) is 0.734. The van der Waals surface area contributed by atoms with E-state index >= 15 is 0 Å². The largest absolute Gasteiger partial charge is 0.480 e. The number of amides is 2. The van der Waals surface area contributed by atoms with Crippen LogP contribution in [0.4, 0.5) is 4.79 Å². The Hall–Kier alpha value is -1.30. The van der Waals surface area contributed by atoms with Gasteiger partial charge < -0.3 is 19.6 Å². The standard InChI is InChI=1S/C12H18N2O4/c15-11(16)10-7-18-4-3-13(10)12(17)14-6-8-1-2-9(14)5-8/h8-10H,1-7H2,(H,15,16). The topological polar surface area (TPSA) is 70.1 Å². The first-order chi connectivity index (χ1) is 8.66. The third-order valence-corrected chi connectivity index (χ3v) is 4.31. The predicted octanol–water partition coefficient (Wildman–Crippen LogP) is 0.376. The lowest BCUT2D eigenvalue weighted by atomic mass is 10.1. The number of likely N-dealkylation sites (tertiary alicyclic amines) is 1. The third kappa shape index (κ3) is 1.84. The Balaban J connectivity index is 1.72. The summed E-state index contributed by atoms with van der Waals surface area (Å²) in [6.07, 6.45) is 3.37. The monoisotopic (exact) mass is 254 g/mol. The Kier molecular flexibility index (Phi) is 2.89. The van der Waals surface area contributed by atoms with Crippen LogP contribution >= 0.6 is 0 Å². The van der Waals surface area contributed by atoms with Gasteiger partial charge in [-0.2, -0.15) is 0 Å². The molecule has 18 heavy (non-hydrogen) atoms. The van der Waals surface area contributed by atoms with Gasteiger partial charge in [0.25, 0.3) is 0 Å². The van der Waals surface area contributed by atoms with Gasteiger partial charge in [-0.15, -0.1) is 0 Å². The molecule has 2 amide bonds. The Morgan fingerprint density at radius 2 is 2.06 bits per heavy atom. The first kappa shape index (κ1) is 11.8. The van der Waals surface area contributed by atoms with Crippen LogP contribution in [0.15, 0.2) is 0 Å². The number of aliphatic carboxylic acids is 1. The minimum Gasteiger partial charge on any atom is -0.480 e. The number of carboxylic acids is 1. The summed E-state index contributed by atoms with van der Waals surface area (Å²) in [7, 11) is 0. The molecule has 3 rings (SSSR count). The number of carboxylic acid groups (broad SMARTS) is 1. The molecule has 3 fully saturated rings. The average Bonchev–Trinajstić information content (AvgIpc) is 3.00. The van der Waals surface area contributed by atoms with Crippen molar-refractivity contribution in [3.8, 4) is 0 Å². The number of ether oxygens (including phenoxy) is 1. The van der Waals surface area contributed by atoms with Crippen LogP contribution in [0.25, 0.3) is 0 Å². The summed E-state index contributed by atoms with van der Waals surface area (Å²) in [5.41, 5.74) is 0. The van der Waals surface area contributed by atoms with Gasteiger partial charge in [0.2, 0.25) is 0 Å². The Bertz CT molecular complexity index is 373. The molecular weight excluding hydrogens is 236 g/mol. The number of nitrogens with zero attached hydrogens (tertiary/aromatic N) is 2. The molecular formula is C12H18N2O4. The smallest absolute Gasteiger partial charge is 0.328 e. The van der Waals surface area contributed by atoms with Crippen molar-refractivity contribution in [1.82, 2.24) is 9.80 Å². The van der Waals surface area contributed by atoms with E-state index in [-0.39, 0.29) is 12.6 Å². The van der Waals surface area contributed by atoms with Gasteiger partial charge in [-0.05, 0) is 25.2 Å². The van der Waals surface area contributed by atoms with E-state index in [0.717, 1.165) is 19.4 Å². The van der Waals surface area contributed by atoms with Crippen molar-refractivity contribution in [2.24, 2.45) is 5.92 Å². The Morgan fingerprint density at radius 3 is 2.67 bits per heavy atom. The zero-order chi connectivity index (χ0) is 12.7.